The predicted octanol–water partition coefficient (Wildman–Crippen LogP) is 3.17. The van der Waals surface area contributed by atoms with Crippen molar-refractivity contribution in [2.24, 2.45) is 0 Å². The smallest absolute Gasteiger partial charge is 0.281 e. The van der Waals surface area contributed by atoms with E-state index in [1.165, 1.54) is 11.3 Å². The minimum absolute atomic E-state index is 0.373. The summed E-state index contributed by atoms with van der Waals surface area (Å²) < 4.78 is 10.9. The van der Waals surface area contributed by atoms with Crippen LogP contribution in [0.15, 0.2) is 53.1 Å². The molecule has 0 bridgehead atoms. The number of carbonyl (C=O) groups excluding carboxylic acids is 2. The van der Waals surface area contributed by atoms with Gasteiger partial charge in [-0.2, -0.15) is 0 Å². The predicted molar refractivity (Wildman–Crippen MR) is 124 cm³/mol. The lowest BCUT2D eigenvalue weighted by molar-refractivity contribution is 0.0848. The maximum atomic E-state index is 12.7. The molecule has 0 saturated carbocycles. The van der Waals surface area contributed by atoms with Crippen LogP contribution in [-0.2, 0) is 4.74 Å². The molecule has 3 heterocycles. The summed E-state index contributed by atoms with van der Waals surface area (Å²) >= 11 is 1.30. The van der Waals surface area contributed by atoms with Gasteiger partial charge in [-0.15, -0.1) is 0 Å². The Bertz CT molecular complexity index is 1310. The maximum Gasteiger partial charge on any atom is 0.281 e. The molecule has 33 heavy (non-hydrogen) atoms. The van der Waals surface area contributed by atoms with E-state index in [-0.39, 0.29) is 0 Å². The lowest BCUT2D eigenvalue weighted by Gasteiger charge is -2.25. The van der Waals surface area contributed by atoms with Gasteiger partial charge in [-0.3, -0.25) is 20.4 Å². The van der Waals surface area contributed by atoms with Gasteiger partial charge in [0.25, 0.3) is 11.8 Å². The second kappa shape index (κ2) is 9.00. The van der Waals surface area contributed by atoms with Gasteiger partial charge in [-0.1, -0.05) is 46.8 Å². The van der Waals surface area contributed by atoms with Crippen LogP contribution >= 0.6 is 11.3 Å². The molecule has 4 aromatic rings. The van der Waals surface area contributed by atoms with Gasteiger partial charge in [0.1, 0.15) is 10.4 Å². The zero-order valence-electron chi connectivity index (χ0n) is 17.8. The van der Waals surface area contributed by atoms with Crippen LogP contribution in [0.5, 0.6) is 0 Å². The highest BCUT2D eigenvalue weighted by Crippen LogP contribution is 2.29. The number of aryl methyl sites for hydroxylation is 1. The summed E-state index contributed by atoms with van der Waals surface area (Å²) in [5.74, 6) is -0.268. The fourth-order valence-electron chi connectivity index (χ4n) is 3.61. The number of nitrogens with zero attached hydrogens (tertiary/aromatic N) is 3. The van der Waals surface area contributed by atoms with Gasteiger partial charge in [0.15, 0.2) is 10.9 Å². The fourth-order valence-corrected chi connectivity index (χ4v) is 4.62. The van der Waals surface area contributed by atoms with Gasteiger partial charge in [-0.25, -0.2) is 4.98 Å². The normalized spacial score (nSPS) is 13.8. The zero-order chi connectivity index (χ0) is 22.8. The van der Waals surface area contributed by atoms with Gasteiger partial charge in [0.05, 0.1) is 24.3 Å². The Morgan fingerprint density at radius 1 is 1.03 bits per heavy atom. The third kappa shape index (κ3) is 4.30. The number of aromatic nitrogens is 2. The number of anilines is 1. The number of fused-ring (bicyclic) bond motifs is 1. The van der Waals surface area contributed by atoms with Crippen LogP contribution in [0.3, 0.4) is 0 Å². The molecule has 2 N–H and O–H groups in total. The molecule has 2 aromatic heterocycles. The van der Waals surface area contributed by atoms with E-state index in [2.05, 4.69) is 25.9 Å². The Balaban J connectivity index is 1.29. The molecule has 1 aliphatic heterocycles. The number of rotatable bonds is 4. The van der Waals surface area contributed by atoms with Crippen LogP contribution < -0.4 is 15.8 Å². The molecule has 5 rings (SSSR count). The van der Waals surface area contributed by atoms with Crippen molar-refractivity contribution in [3.05, 3.63) is 64.7 Å². The monoisotopic (exact) mass is 463 g/mol. The number of hydrogen-bond donors (Lipinski definition) is 2. The van der Waals surface area contributed by atoms with Gasteiger partial charge >= 0.3 is 0 Å². The number of ether oxygens (including phenoxy) is 1. The standard InChI is InChI=1S/C23H21N5O4S/c1-14-20(33-23(24-14)28-9-11-31-12-10-28)22(30)26-25-21(29)16-7-8-18-17(13-16)19(32-27-18)15-5-3-2-4-6-15/h2-8,13H,9-12H2,1H3,(H,25,29)(H,26,30). The lowest BCUT2D eigenvalue weighted by Crippen LogP contribution is -2.41. The van der Waals surface area contributed by atoms with Crippen molar-refractivity contribution in [3.8, 4) is 11.3 Å². The summed E-state index contributed by atoms with van der Waals surface area (Å²) in [6.07, 6.45) is 0. The van der Waals surface area contributed by atoms with E-state index < -0.39 is 11.8 Å². The summed E-state index contributed by atoms with van der Waals surface area (Å²) in [6.45, 7) is 4.53. The Labute approximate surface area is 193 Å². The number of carbonyl (C=O) groups is 2. The second-order valence-electron chi connectivity index (χ2n) is 7.53. The number of amides is 2. The molecule has 2 aromatic carbocycles. The van der Waals surface area contributed by atoms with Crippen molar-refractivity contribution < 1.29 is 18.8 Å². The number of thiazole rings is 1. The molecule has 1 fully saturated rings. The van der Waals surface area contributed by atoms with Crippen LogP contribution in [0.25, 0.3) is 22.2 Å². The highest BCUT2D eigenvalue weighted by molar-refractivity contribution is 7.17. The second-order valence-corrected chi connectivity index (χ2v) is 8.51. The topological polar surface area (TPSA) is 110 Å². The lowest BCUT2D eigenvalue weighted by atomic mass is 10.1. The first kappa shape index (κ1) is 21.1. The van der Waals surface area contributed by atoms with E-state index >= 15 is 0 Å². The van der Waals surface area contributed by atoms with E-state index in [9.17, 15) is 9.59 Å². The largest absolute Gasteiger partial charge is 0.378 e. The Morgan fingerprint density at radius 2 is 1.79 bits per heavy atom. The average molecular weight is 464 g/mol. The maximum absolute atomic E-state index is 12.7. The third-order valence-electron chi connectivity index (χ3n) is 5.34. The fraction of sp³-hybridized carbons (Fsp3) is 0.217. The van der Waals surface area contributed by atoms with Crippen LogP contribution in [0.1, 0.15) is 25.7 Å². The quantitative estimate of drug-likeness (QED) is 0.447. The Morgan fingerprint density at radius 3 is 2.58 bits per heavy atom. The van der Waals surface area contributed by atoms with E-state index in [0.717, 1.165) is 23.8 Å². The number of nitrogens with one attached hydrogen (secondary N) is 2. The van der Waals surface area contributed by atoms with Crippen LogP contribution in [0.4, 0.5) is 5.13 Å². The molecular formula is C23H21N5O4S. The van der Waals surface area contributed by atoms with Crippen LogP contribution in [0.2, 0.25) is 0 Å². The molecule has 168 valence electrons. The first-order valence-electron chi connectivity index (χ1n) is 10.5. The van der Waals surface area contributed by atoms with Crippen molar-refractivity contribution in [1.29, 1.82) is 0 Å². The third-order valence-corrected chi connectivity index (χ3v) is 6.55. The molecule has 0 aliphatic carbocycles. The number of benzene rings is 2. The molecule has 1 saturated heterocycles. The van der Waals surface area contributed by atoms with E-state index in [1.807, 2.05) is 30.3 Å². The van der Waals surface area contributed by atoms with Crippen molar-refractivity contribution in [3.63, 3.8) is 0 Å². The summed E-state index contributed by atoms with van der Waals surface area (Å²) in [7, 11) is 0. The van der Waals surface area contributed by atoms with Gasteiger partial charge in [0.2, 0.25) is 0 Å². The molecule has 0 atom stereocenters. The molecule has 1 aliphatic rings. The summed E-state index contributed by atoms with van der Waals surface area (Å²) in [4.78, 5) is 32.5. The van der Waals surface area contributed by atoms with E-state index in [0.29, 0.717) is 46.0 Å². The van der Waals surface area contributed by atoms with E-state index in [4.69, 9.17) is 9.26 Å². The minimum atomic E-state index is -0.443. The molecule has 9 nitrogen and oxygen atoms in total. The highest BCUT2D eigenvalue weighted by atomic mass is 32.1. The van der Waals surface area contributed by atoms with Gasteiger partial charge < -0.3 is 14.2 Å². The van der Waals surface area contributed by atoms with Crippen LogP contribution in [0, 0.1) is 6.92 Å². The first-order chi connectivity index (χ1) is 16.1. The number of hydrogen-bond acceptors (Lipinski definition) is 8. The molecule has 0 radical (unpaired) electrons. The molecule has 0 unspecified atom stereocenters. The van der Waals surface area contributed by atoms with Crippen molar-refractivity contribution in [2.75, 3.05) is 31.2 Å². The average Bonchev–Trinajstić information content (AvgIpc) is 3.46. The molecule has 0 spiro atoms. The minimum Gasteiger partial charge on any atom is -0.378 e. The van der Waals surface area contributed by atoms with Crippen molar-refractivity contribution in [2.45, 2.75) is 6.92 Å². The Hall–Kier alpha value is -3.76. The summed E-state index contributed by atoms with van der Waals surface area (Å²) in [5, 5.41) is 5.56. The Kier molecular flexibility index (Phi) is 5.76. The molecule has 2 amide bonds. The van der Waals surface area contributed by atoms with Gasteiger partial charge in [-0.05, 0) is 25.1 Å². The zero-order valence-corrected chi connectivity index (χ0v) is 18.6. The number of hydrazine groups is 1. The number of morpholine rings is 1. The van der Waals surface area contributed by atoms with Crippen LogP contribution in [-0.4, -0.2) is 48.3 Å². The first-order valence-corrected chi connectivity index (χ1v) is 11.3. The summed E-state index contributed by atoms with van der Waals surface area (Å²) in [5.41, 5.74) is 7.48. The van der Waals surface area contributed by atoms with Crippen molar-refractivity contribution in [1.82, 2.24) is 21.0 Å². The molecular weight excluding hydrogens is 442 g/mol. The highest BCUT2D eigenvalue weighted by Gasteiger charge is 2.21. The molecule has 10 heteroatoms. The SMILES string of the molecule is Cc1nc(N2CCOCC2)sc1C(=O)NNC(=O)c1ccc2noc(-c3ccccc3)c2c1. The summed E-state index contributed by atoms with van der Waals surface area (Å²) in [6, 6.07) is 14.6. The van der Waals surface area contributed by atoms with Crippen molar-refractivity contribution >= 4 is 39.2 Å². The van der Waals surface area contributed by atoms with E-state index in [1.54, 1.807) is 25.1 Å². The van der Waals surface area contributed by atoms with Gasteiger partial charge in [0, 0.05) is 24.2 Å².